The number of carbonyl (C=O) groups is 1. The number of piperidine rings is 1. The second-order valence-corrected chi connectivity index (χ2v) is 8.01. The third-order valence-electron chi connectivity index (χ3n) is 5.57. The van der Waals surface area contributed by atoms with Crippen molar-refractivity contribution in [1.29, 1.82) is 0 Å². The average Bonchev–Trinajstić information content (AvgIpc) is 2.87. The van der Waals surface area contributed by atoms with Crippen LogP contribution in [0.15, 0.2) is 24.3 Å². The number of hydrogen-bond acceptors (Lipinski definition) is 4. The molecule has 0 aromatic heterocycles. The maximum atomic E-state index is 12.5. The molecule has 1 unspecified atom stereocenters. The number of anilines is 1. The van der Waals surface area contributed by atoms with Crippen LogP contribution < -0.4 is 15.0 Å². The highest BCUT2D eigenvalue weighted by Gasteiger charge is 2.46. The first-order valence-electron chi connectivity index (χ1n) is 9.57. The van der Waals surface area contributed by atoms with Crippen molar-refractivity contribution in [1.82, 2.24) is 10.2 Å². The monoisotopic (exact) mass is 361 g/mol. The maximum Gasteiger partial charge on any atom is 0.317 e. The van der Waals surface area contributed by atoms with Crippen molar-refractivity contribution in [3.8, 4) is 5.75 Å². The Hall–Kier alpha value is -1.95. The van der Waals surface area contributed by atoms with Gasteiger partial charge in [0.25, 0.3) is 0 Å². The van der Waals surface area contributed by atoms with Crippen molar-refractivity contribution in [3.63, 3.8) is 0 Å². The molecule has 4 rings (SSSR count). The minimum Gasteiger partial charge on any atom is -0.494 e. The fourth-order valence-electron chi connectivity index (χ4n) is 4.46. The Morgan fingerprint density at radius 1 is 1.27 bits per heavy atom. The van der Waals surface area contributed by atoms with Crippen LogP contribution in [0, 0.1) is 11.3 Å². The fraction of sp³-hybridized carbons (Fsp3) is 0.650. The minimum atomic E-state index is -0.0692. The zero-order chi connectivity index (χ0) is 18.7. The van der Waals surface area contributed by atoms with Crippen LogP contribution in [0.3, 0.4) is 0 Å². The van der Waals surface area contributed by atoms with Gasteiger partial charge >= 0.3 is 6.03 Å². The van der Waals surface area contributed by atoms with E-state index in [0.29, 0.717) is 25.6 Å². The Kier molecular flexibility index (Phi) is 5.61. The normalized spacial score (nSPS) is 24.3. The number of nitrogens with one attached hydrogen (secondary N) is 1. The number of benzene rings is 1. The predicted octanol–water partition coefficient (Wildman–Crippen LogP) is 2.32. The molecule has 6 heteroatoms. The summed E-state index contributed by atoms with van der Waals surface area (Å²) in [4.78, 5) is 16.9. The summed E-state index contributed by atoms with van der Waals surface area (Å²) < 4.78 is 5.56. The number of rotatable bonds is 5. The molecule has 3 heterocycles. The Morgan fingerprint density at radius 3 is 2.65 bits per heavy atom. The molecule has 1 aromatic rings. The third-order valence-corrected chi connectivity index (χ3v) is 5.57. The van der Waals surface area contributed by atoms with Gasteiger partial charge in [0, 0.05) is 31.9 Å². The van der Waals surface area contributed by atoms with Crippen molar-refractivity contribution in [2.24, 2.45) is 11.3 Å². The Labute approximate surface area is 156 Å². The van der Waals surface area contributed by atoms with E-state index in [-0.39, 0.29) is 24.1 Å². The molecule has 6 nitrogen and oxygen atoms in total. The first-order valence-corrected chi connectivity index (χ1v) is 9.57. The molecule has 0 saturated carbocycles. The zero-order valence-corrected chi connectivity index (χ0v) is 16.1. The summed E-state index contributed by atoms with van der Waals surface area (Å²) in [5.74, 6) is 1.33. The largest absolute Gasteiger partial charge is 0.494 e. The number of ether oxygens (including phenoxy) is 1. The number of aliphatic hydroxyl groups is 1. The van der Waals surface area contributed by atoms with Crippen LogP contribution in [-0.4, -0.2) is 61.5 Å². The van der Waals surface area contributed by atoms with E-state index in [0.717, 1.165) is 25.3 Å². The second kappa shape index (κ2) is 7.74. The van der Waals surface area contributed by atoms with Crippen molar-refractivity contribution < 1.29 is 14.6 Å². The molecular formula is C20H31N3O3. The van der Waals surface area contributed by atoms with Crippen molar-refractivity contribution in [2.75, 3.05) is 44.3 Å². The molecule has 3 aliphatic heterocycles. The highest BCUT2D eigenvalue weighted by atomic mass is 16.5. The van der Waals surface area contributed by atoms with E-state index >= 15 is 0 Å². The highest BCUT2D eigenvalue weighted by molar-refractivity contribution is 5.74. The summed E-state index contributed by atoms with van der Waals surface area (Å²) in [6.07, 6.45) is 1.12. The van der Waals surface area contributed by atoms with Crippen LogP contribution >= 0.6 is 0 Å². The third kappa shape index (κ3) is 3.90. The Balaban J connectivity index is 1.81. The molecular weight excluding hydrogens is 330 g/mol. The van der Waals surface area contributed by atoms with E-state index in [1.807, 2.05) is 24.0 Å². The van der Waals surface area contributed by atoms with Crippen molar-refractivity contribution >= 4 is 11.7 Å². The number of amides is 2. The molecule has 2 N–H and O–H groups in total. The molecule has 26 heavy (non-hydrogen) atoms. The first-order chi connectivity index (χ1) is 12.4. The van der Waals surface area contributed by atoms with Crippen LogP contribution in [0.25, 0.3) is 0 Å². The van der Waals surface area contributed by atoms with E-state index in [1.165, 1.54) is 5.69 Å². The number of carbonyl (C=O) groups excluding carboxylic acids is 1. The van der Waals surface area contributed by atoms with Gasteiger partial charge < -0.3 is 25.0 Å². The van der Waals surface area contributed by atoms with Crippen LogP contribution in [-0.2, 0) is 0 Å². The molecule has 0 spiro atoms. The van der Waals surface area contributed by atoms with Crippen LogP contribution in [0.4, 0.5) is 10.5 Å². The van der Waals surface area contributed by atoms with Gasteiger partial charge in [0.15, 0.2) is 0 Å². The molecule has 2 amide bonds. The summed E-state index contributed by atoms with van der Waals surface area (Å²) in [5.41, 5.74) is 1.32. The lowest BCUT2D eigenvalue weighted by molar-refractivity contribution is 0.185. The SMILES string of the molecule is CCOc1ccc(N2C[C@H]3CN(C(=O)NCCO)CC2C(C)(C)C3)cc1. The average molecular weight is 361 g/mol. The minimum absolute atomic E-state index is 0.0315. The number of aliphatic hydroxyl groups excluding tert-OH is 1. The Bertz CT molecular complexity index is 617. The van der Waals surface area contributed by atoms with E-state index in [1.54, 1.807) is 0 Å². The summed E-state index contributed by atoms with van der Waals surface area (Å²) in [6.45, 7) is 9.97. The lowest BCUT2D eigenvalue weighted by Crippen LogP contribution is -2.54. The first kappa shape index (κ1) is 18.8. The van der Waals surface area contributed by atoms with Crippen molar-refractivity contribution in [3.05, 3.63) is 24.3 Å². The molecule has 2 bridgehead atoms. The predicted molar refractivity (Wildman–Crippen MR) is 103 cm³/mol. The van der Waals surface area contributed by atoms with Gasteiger partial charge in [0.05, 0.1) is 19.3 Å². The molecule has 3 aliphatic rings. The van der Waals surface area contributed by atoms with E-state index in [4.69, 9.17) is 9.84 Å². The number of nitrogens with zero attached hydrogens (tertiary/aromatic N) is 2. The van der Waals surface area contributed by atoms with Gasteiger partial charge in [0.1, 0.15) is 5.75 Å². The van der Waals surface area contributed by atoms with Gasteiger partial charge in [-0.2, -0.15) is 0 Å². The fourth-order valence-corrected chi connectivity index (χ4v) is 4.46. The number of fused-ring (bicyclic) bond motifs is 4. The van der Waals surface area contributed by atoms with Gasteiger partial charge in [-0.25, -0.2) is 4.79 Å². The topological polar surface area (TPSA) is 65.0 Å². The van der Waals surface area contributed by atoms with Gasteiger partial charge in [-0.1, -0.05) is 13.8 Å². The van der Waals surface area contributed by atoms with Gasteiger partial charge in [-0.15, -0.1) is 0 Å². The summed E-state index contributed by atoms with van der Waals surface area (Å²) in [5, 5.41) is 11.8. The molecule has 144 valence electrons. The summed E-state index contributed by atoms with van der Waals surface area (Å²) in [6, 6.07) is 8.49. The number of hydrogen-bond donors (Lipinski definition) is 2. The van der Waals surface area contributed by atoms with Crippen molar-refractivity contribution in [2.45, 2.75) is 33.2 Å². The molecule has 3 fully saturated rings. The van der Waals surface area contributed by atoms with Crippen LogP contribution in [0.1, 0.15) is 27.2 Å². The molecule has 0 aliphatic carbocycles. The van der Waals surface area contributed by atoms with Gasteiger partial charge in [-0.3, -0.25) is 0 Å². The molecule has 1 aromatic carbocycles. The van der Waals surface area contributed by atoms with Crippen LogP contribution in [0.5, 0.6) is 5.75 Å². The quantitative estimate of drug-likeness (QED) is 0.845. The number of urea groups is 1. The maximum absolute atomic E-state index is 12.5. The van der Waals surface area contributed by atoms with Gasteiger partial charge in [-0.05, 0) is 48.9 Å². The smallest absolute Gasteiger partial charge is 0.317 e. The Morgan fingerprint density at radius 2 is 2.00 bits per heavy atom. The highest BCUT2D eigenvalue weighted by Crippen LogP contribution is 2.43. The summed E-state index contributed by atoms with van der Waals surface area (Å²) in [7, 11) is 0. The van der Waals surface area contributed by atoms with E-state index in [9.17, 15) is 4.79 Å². The lowest BCUT2D eigenvalue weighted by atomic mass is 9.73. The van der Waals surface area contributed by atoms with E-state index < -0.39 is 0 Å². The molecule has 2 atom stereocenters. The zero-order valence-electron chi connectivity index (χ0n) is 16.1. The van der Waals surface area contributed by atoms with E-state index in [2.05, 4.69) is 36.2 Å². The van der Waals surface area contributed by atoms with Crippen LogP contribution in [0.2, 0.25) is 0 Å². The molecule has 3 saturated heterocycles. The summed E-state index contributed by atoms with van der Waals surface area (Å²) >= 11 is 0. The molecule has 0 radical (unpaired) electrons. The standard InChI is InChI=1S/C20H31N3O3/c1-4-26-17-7-5-16(6-8-17)23-13-15-11-20(2,3)18(23)14-22(12-15)19(25)21-9-10-24/h5-8,15,18,24H,4,9-14H2,1-3H3,(H,21,25)/t15-,18?/m1/s1. The lowest BCUT2D eigenvalue weighted by Gasteiger charge is -2.48. The van der Waals surface area contributed by atoms with Gasteiger partial charge in [0.2, 0.25) is 0 Å². The second-order valence-electron chi connectivity index (χ2n) is 8.01.